The Morgan fingerprint density at radius 2 is 2.00 bits per heavy atom. The molecule has 1 aromatic carbocycles. The van der Waals surface area contributed by atoms with Gasteiger partial charge in [0.15, 0.2) is 0 Å². The lowest BCUT2D eigenvalue weighted by atomic mass is 10.2. The smallest absolute Gasteiger partial charge is 0.328 e. The number of ether oxygens (including phenoxy) is 1. The Labute approximate surface area is 127 Å². The van der Waals surface area contributed by atoms with E-state index in [0.717, 1.165) is 28.9 Å². The largest absolute Gasteiger partial charge is 0.497 e. The van der Waals surface area contributed by atoms with E-state index in [9.17, 15) is 4.79 Å². The molecule has 1 heterocycles. The van der Waals surface area contributed by atoms with Gasteiger partial charge in [0.05, 0.1) is 13.7 Å². The van der Waals surface area contributed by atoms with E-state index < -0.39 is 5.97 Å². The van der Waals surface area contributed by atoms with Gasteiger partial charge < -0.3 is 14.7 Å². The number of benzene rings is 1. The molecule has 0 aliphatic carbocycles. The first-order valence-electron chi connectivity index (χ1n) is 6.43. The fourth-order valence-corrected chi connectivity index (χ4v) is 2.85. The average Bonchev–Trinajstić information content (AvgIpc) is 2.92. The number of hydrogen-bond donors (Lipinski definition) is 1. The number of aliphatic carboxylic acids is 1. The van der Waals surface area contributed by atoms with Gasteiger partial charge in [-0.2, -0.15) is 0 Å². The third kappa shape index (κ3) is 4.36. The predicted molar refractivity (Wildman–Crippen MR) is 86.1 cm³/mol. The van der Waals surface area contributed by atoms with Crippen molar-refractivity contribution in [1.82, 2.24) is 0 Å². The van der Waals surface area contributed by atoms with E-state index in [-0.39, 0.29) is 0 Å². The maximum absolute atomic E-state index is 10.5. The highest BCUT2D eigenvalue weighted by atomic mass is 32.1. The van der Waals surface area contributed by atoms with Crippen LogP contribution in [0.2, 0.25) is 0 Å². The van der Waals surface area contributed by atoms with Crippen molar-refractivity contribution in [2.45, 2.75) is 6.54 Å². The summed E-state index contributed by atoms with van der Waals surface area (Å²) < 4.78 is 5.14. The van der Waals surface area contributed by atoms with E-state index in [1.165, 1.54) is 4.88 Å². The molecular formula is C16H17NO3S. The SMILES string of the molecule is COc1ccc(N(C)Cc2ccc(C=CC(=O)O)s2)cc1. The van der Waals surface area contributed by atoms with E-state index in [1.54, 1.807) is 24.5 Å². The normalized spacial score (nSPS) is 10.8. The van der Waals surface area contributed by atoms with Crippen LogP contribution in [0.4, 0.5) is 5.69 Å². The summed E-state index contributed by atoms with van der Waals surface area (Å²) in [5.74, 6) is -0.0929. The minimum atomic E-state index is -0.930. The van der Waals surface area contributed by atoms with Crippen molar-refractivity contribution >= 4 is 29.1 Å². The van der Waals surface area contributed by atoms with Gasteiger partial charge in [-0.05, 0) is 42.5 Å². The number of carboxylic acid groups (broad SMARTS) is 1. The van der Waals surface area contributed by atoms with Crippen molar-refractivity contribution in [3.8, 4) is 5.75 Å². The summed E-state index contributed by atoms with van der Waals surface area (Å²) in [6, 6.07) is 11.8. The van der Waals surface area contributed by atoms with Gasteiger partial charge in [-0.15, -0.1) is 11.3 Å². The Bertz CT molecular complexity index is 631. The second kappa shape index (κ2) is 6.95. The maximum atomic E-state index is 10.5. The number of rotatable bonds is 6. The van der Waals surface area contributed by atoms with Crippen LogP contribution in [-0.4, -0.2) is 25.2 Å². The minimum absolute atomic E-state index is 0.776. The molecule has 0 saturated carbocycles. The molecule has 1 aromatic heterocycles. The van der Waals surface area contributed by atoms with Crippen molar-refractivity contribution in [2.24, 2.45) is 0 Å². The zero-order valence-corrected chi connectivity index (χ0v) is 12.8. The summed E-state index contributed by atoms with van der Waals surface area (Å²) in [6.07, 6.45) is 2.77. The molecule has 0 aliphatic rings. The van der Waals surface area contributed by atoms with Crippen LogP contribution in [0.1, 0.15) is 9.75 Å². The molecule has 21 heavy (non-hydrogen) atoms. The molecule has 2 aromatic rings. The first-order valence-corrected chi connectivity index (χ1v) is 7.25. The molecule has 5 heteroatoms. The summed E-state index contributed by atoms with van der Waals surface area (Å²) in [5, 5.41) is 8.62. The van der Waals surface area contributed by atoms with Crippen LogP contribution in [0.15, 0.2) is 42.5 Å². The van der Waals surface area contributed by atoms with E-state index in [1.807, 2.05) is 43.4 Å². The lowest BCUT2D eigenvalue weighted by molar-refractivity contribution is -0.131. The fraction of sp³-hybridized carbons (Fsp3) is 0.188. The minimum Gasteiger partial charge on any atom is -0.497 e. The van der Waals surface area contributed by atoms with Crippen LogP contribution in [0.3, 0.4) is 0 Å². The molecule has 0 radical (unpaired) electrons. The Kier molecular flexibility index (Phi) is 5.00. The van der Waals surface area contributed by atoms with Gasteiger partial charge >= 0.3 is 5.97 Å². The van der Waals surface area contributed by atoms with Gasteiger partial charge in [0.1, 0.15) is 5.75 Å². The first-order chi connectivity index (χ1) is 10.1. The van der Waals surface area contributed by atoms with E-state index in [4.69, 9.17) is 9.84 Å². The second-order valence-corrected chi connectivity index (χ2v) is 5.73. The number of carboxylic acids is 1. The molecule has 0 amide bonds. The highest BCUT2D eigenvalue weighted by molar-refractivity contribution is 7.12. The van der Waals surface area contributed by atoms with Gasteiger partial charge in [0.2, 0.25) is 0 Å². The Hall–Kier alpha value is -2.27. The number of carbonyl (C=O) groups is 1. The van der Waals surface area contributed by atoms with Crippen molar-refractivity contribution in [3.05, 3.63) is 52.2 Å². The van der Waals surface area contributed by atoms with Gasteiger partial charge in [0, 0.05) is 28.6 Å². The fourth-order valence-electron chi connectivity index (χ4n) is 1.88. The molecule has 0 bridgehead atoms. The van der Waals surface area contributed by atoms with Crippen LogP contribution >= 0.6 is 11.3 Å². The third-order valence-corrected chi connectivity index (χ3v) is 4.01. The molecule has 0 saturated heterocycles. The Balaban J connectivity index is 2.01. The lowest BCUT2D eigenvalue weighted by Crippen LogP contribution is -2.15. The summed E-state index contributed by atoms with van der Waals surface area (Å²) in [5.41, 5.74) is 1.10. The van der Waals surface area contributed by atoms with Gasteiger partial charge in [-0.3, -0.25) is 0 Å². The Morgan fingerprint density at radius 1 is 1.29 bits per heavy atom. The number of anilines is 1. The summed E-state index contributed by atoms with van der Waals surface area (Å²) >= 11 is 1.59. The van der Waals surface area contributed by atoms with Crippen LogP contribution in [0, 0.1) is 0 Å². The highest BCUT2D eigenvalue weighted by Crippen LogP contribution is 2.23. The maximum Gasteiger partial charge on any atom is 0.328 e. The molecule has 110 valence electrons. The first kappa shape index (κ1) is 15.1. The predicted octanol–water partition coefficient (Wildman–Crippen LogP) is 3.49. The number of methoxy groups -OCH3 is 1. The van der Waals surface area contributed by atoms with Crippen molar-refractivity contribution in [2.75, 3.05) is 19.1 Å². The van der Waals surface area contributed by atoms with Crippen LogP contribution in [0.25, 0.3) is 6.08 Å². The van der Waals surface area contributed by atoms with Gasteiger partial charge in [-0.25, -0.2) is 4.79 Å². The molecule has 0 unspecified atom stereocenters. The third-order valence-electron chi connectivity index (χ3n) is 2.98. The average molecular weight is 303 g/mol. The van der Waals surface area contributed by atoms with Crippen molar-refractivity contribution < 1.29 is 14.6 Å². The van der Waals surface area contributed by atoms with E-state index >= 15 is 0 Å². The summed E-state index contributed by atoms with van der Waals surface area (Å²) in [6.45, 7) is 0.776. The number of nitrogens with zero attached hydrogens (tertiary/aromatic N) is 1. The monoisotopic (exact) mass is 303 g/mol. The lowest BCUT2D eigenvalue weighted by Gasteiger charge is -2.18. The molecular weight excluding hydrogens is 286 g/mol. The molecule has 1 N–H and O–H groups in total. The van der Waals surface area contributed by atoms with Crippen LogP contribution in [-0.2, 0) is 11.3 Å². The highest BCUT2D eigenvalue weighted by Gasteiger charge is 2.05. The van der Waals surface area contributed by atoms with Gasteiger partial charge in [0.25, 0.3) is 0 Å². The zero-order chi connectivity index (χ0) is 15.2. The molecule has 2 rings (SSSR count). The number of thiophene rings is 1. The Morgan fingerprint density at radius 3 is 2.62 bits per heavy atom. The molecule has 0 aliphatic heterocycles. The second-order valence-electron chi connectivity index (χ2n) is 4.53. The molecule has 0 atom stereocenters. The van der Waals surface area contributed by atoms with Crippen LogP contribution in [0.5, 0.6) is 5.75 Å². The molecule has 0 spiro atoms. The van der Waals surface area contributed by atoms with Crippen LogP contribution < -0.4 is 9.64 Å². The summed E-state index contributed by atoms with van der Waals surface area (Å²) in [4.78, 5) is 14.7. The molecule has 0 fully saturated rings. The van der Waals surface area contributed by atoms with E-state index in [0.29, 0.717) is 0 Å². The standard InChI is InChI=1S/C16H17NO3S/c1-17(12-3-5-13(20-2)6-4-12)11-15-8-7-14(21-15)9-10-16(18)19/h3-10H,11H2,1-2H3,(H,18,19). The topological polar surface area (TPSA) is 49.8 Å². The summed E-state index contributed by atoms with van der Waals surface area (Å²) in [7, 11) is 3.67. The zero-order valence-electron chi connectivity index (χ0n) is 11.9. The quantitative estimate of drug-likeness (QED) is 0.830. The van der Waals surface area contributed by atoms with Crippen molar-refractivity contribution in [3.63, 3.8) is 0 Å². The van der Waals surface area contributed by atoms with Gasteiger partial charge in [-0.1, -0.05) is 0 Å². The van der Waals surface area contributed by atoms with Crippen molar-refractivity contribution in [1.29, 1.82) is 0 Å². The van der Waals surface area contributed by atoms with E-state index in [2.05, 4.69) is 4.90 Å². The molecule has 4 nitrogen and oxygen atoms in total. The number of hydrogen-bond acceptors (Lipinski definition) is 4.